The first kappa shape index (κ1) is 16.3. The molecular weight excluding hydrogens is 310 g/mol. The van der Waals surface area contributed by atoms with Gasteiger partial charge < -0.3 is 15.0 Å². The number of ether oxygens (including phenoxy) is 1. The van der Waals surface area contributed by atoms with Crippen LogP contribution in [0.2, 0.25) is 0 Å². The molecule has 3 rings (SSSR count). The van der Waals surface area contributed by atoms with Gasteiger partial charge in [-0.3, -0.25) is 4.98 Å². The summed E-state index contributed by atoms with van der Waals surface area (Å²) in [6, 6.07) is 6.32. The Labute approximate surface area is 140 Å². The molecule has 6 nitrogen and oxygen atoms in total. The number of piperidine rings is 1. The van der Waals surface area contributed by atoms with Crippen LogP contribution in [0.3, 0.4) is 0 Å². The van der Waals surface area contributed by atoms with E-state index in [1.54, 1.807) is 24.6 Å². The maximum absolute atomic E-state index is 5.11. The molecule has 0 bridgehead atoms. The Morgan fingerprint density at radius 1 is 1.30 bits per heavy atom. The predicted molar refractivity (Wildman–Crippen MR) is 92.7 cm³/mol. The molecule has 1 aliphatic heterocycles. The van der Waals surface area contributed by atoms with Gasteiger partial charge in [0.05, 0.1) is 0 Å². The van der Waals surface area contributed by atoms with Crippen LogP contribution < -0.4 is 5.32 Å². The minimum Gasteiger partial charge on any atom is -0.385 e. The van der Waals surface area contributed by atoms with Gasteiger partial charge in [0.25, 0.3) is 0 Å². The quantitative estimate of drug-likeness (QED) is 0.786. The second-order valence-corrected chi connectivity index (χ2v) is 6.71. The van der Waals surface area contributed by atoms with E-state index in [1.165, 1.54) is 0 Å². The van der Waals surface area contributed by atoms with Gasteiger partial charge in [0.1, 0.15) is 5.69 Å². The second-order valence-electron chi connectivity index (χ2n) is 5.73. The third-order valence-electron chi connectivity index (χ3n) is 4.05. The van der Waals surface area contributed by atoms with Crippen molar-refractivity contribution in [1.29, 1.82) is 0 Å². The zero-order valence-electron chi connectivity index (χ0n) is 13.4. The highest BCUT2D eigenvalue weighted by Gasteiger charge is 2.20. The summed E-state index contributed by atoms with van der Waals surface area (Å²) < 4.78 is 5.11. The molecule has 0 aliphatic carbocycles. The molecule has 23 heavy (non-hydrogen) atoms. The van der Waals surface area contributed by atoms with Gasteiger partial charge in [-0.25, -0.2) is 0 Å². The van der Waals surface area contributed by atoms with Gasteiger partial charge in [-0.2, -0.15) is 0 Å². The molecule has 3 heterocycles. The highest BCUT2D eigenvalue weighted by atomic mass is 32.1. The largest absolute Gasteiger partial charge is 0.385 e. The summed E-state index contributed by atoms with van der Waals surface area (Å²) in [4.78, 5) is 6.83. The molecule has 1 N–H and O–H groups in total. The normalized spacial score (nSPS) is 16.6. The van der Waals surface area contributed by atoms with Crippen LogP contribution in [-0.2, 0) is 4.74 Å². The van der Waals surface area contributed by atoms with Gasteiger partial charge >= 0.3 is 0 Å². The number of anilines is 1. The summed E-state index contributed by atoms with van der Waals surface area (Å²) in [7, 11) is 1.76. The summed E-state index contributed by atoms with van der Waals surface area (Å²) in [6.07, 6.45) is 5.18. The van der Waals surface area contributed by atoms with Crippen molar-refractivity contribution < 1.29 is 4.74 Å². The van der Waals surface area contributed by atoms with Gasteiger partial charge in [0.2, 0.25) is 5.13 Å². The number of likely N-dealkylation sites (tertiary alicyclic amines) is 1. The number of nitrogens with one attached hydrogen (secondary N) is 1. The first-order valence-electron chi connectivity index (χ1n) is 8.08. The molecule has 0 spiro atoms. The van der Waals surface area contributed by atoms with Crippen LogP contribution in [0.25, 0.3) is 10.7 Å². The lowest BCUT2D eigenvalue weighted by molar-refractivity contribution is 0.159. The van der Waals surface area contributed by atoms with Gasteiger partial charge in [-0.05, 0) is 31.4 Å². The van der Waals surface area contributed by atoms with Crippen LogP contribution in [0.1, 0.15) is 19.3 Å². The third-order valence-corrected chi connectivity index (χ3v) is 4.92. The van der Waals surface area contributed by atoms with E-state index in [-0.39, 0.29) is 0 Å². The van der Waals surface area contributed by atoms with E-state index in [2.05, 4.69) is 25.4 Å². The molecule has 0 atom stereocenters. The number of pyridine rings is 1. The summed E-state index contributed by atoms with van der Waals surface area (Å²) in [6.45, 7) is 4.24. The van der Waals surface area contributed by atoms with Crippen LogP contribution in [0.4, 0.5) is 5.13 Å². The Morgan fingerprint density at radius 3 is 2.91 bits per heavy atom. The van der Waals surface area contributed by atoms with Crippen LogP contribution >= 0.6 is 11.3 Å². The lowest BCUT2D eigenvalue weighted by atomic mass is 10.1. The van der Waals surface area contributed by atoms with Crippen molar-refractivity contribution >= 4 is 16.5 Å². The van der Waals surface area contributed by atoms with Crippen molar-refractivity contribution in [2.75, 3.05) is 38.7 Å². The minimum absolute atomic E-state index is 0.484. The van der Waals surface area contributed by atoms with Gasteiger partial charge in [0.15, 0.2) is 5.01 Å². The molecule has 0 aromatic carbocycles. The molecule has 0 radical (unpaired) electrons. The topological polar surface area (TPSA) is 63.2 Å². The number of nitrogens with zero attached hydrogens (tertiary/aromatic N) is 4. The maximum Gasteiger partial charge on any atom is 0.206 e. The summed E-state index contributed by atoms with van der Waals surface area (Å²) >= 11 is 1.57. The predicted octanol–water partition coefficient (Wildman–Crippen LogP) is 2.51. The van der Waals surface area contributed by atoms with E-state index in [1.807, 2.05) is 18.2 Å². The lowest BCUT2D eigenvalue weighted by Gasteiger charge is -2.32. The Kier molecular flexibility index (Phi) is 5.90. The Morgan fingerprint density at radius 2 is 2.17 bits per heavy atom. The summed E-state index contributed by atoms with van der Waals surface area (Å²) in [5.74, 6) is 0. The summed E-state index contributed by atoms with van der Waals surface area (Å²) in [5, 5.41) is 13.8. The van der Waals surface area contributed by atoms with Crippen molar-refractivity contribution in [1.82, 2.24) is 20.1 Å². The molecule has 124 valence electrons. The Bertz CT molecular complexity index is 583. The van der Waals surface area contributed by atoms with E-state index >= 15 is 0 Å². The minimum atomic E-state index is 0.484. The van der Waals surface area contributed by atoms with E-state index in [0.29, 0.717) is 6.04 Å². The molecule has 2 aromatic heterocycles. The molecule has 7 heteroatoms. The molecule has 1 fully saturated rings. The standard InChI is InChI=1S/C16H23N5OS/c1-22-12-4-9-21-10-6-13(7-11-21)18-16-20-19-15(23-16)14-5-2-3-8-17-14/h2-3,5,8,13H,4,6-7,9-12H2,1H3,(H,18,20). The SMILES string of the molecule is COCCCN1CCC(Nc2nnc(-c3ccccn3)s2)CC1. The molecule has 2 aromatic rings. The van der Waals surface area contributed by atoms with Gasteiger partial charge in [-0.15, -0.1) is 10.2 Å². The zero-order chi connectivity index (χ0) is 15.9. The highest BCUT2D eigenvalue weighted by Crippen LogP contribution is 2.26. The number of hydrogen-bond donors (Lipinski definition) is 1. The van der Waals surface area contributed by atoms with Gasteiger partial charge in [0, 0.05) is 45.6 Å². The van der Waals surface area contributed by atoms with Crippen molar-refractivity contribution in [3.63, 3.8) is 0 Å². The Balaban J connectivity index is 1.47. The fraction of sp³-hybridized carbons (Fsp3) is 0.562. The fourth-order valence-electron chi connectivity index (χ4n) is 2.78. The van der Waals surface area contributed by atoms with E-state index in [4.69, 9.17) is 4.74 Å². The lowest BCUT2D eigenvalue weighted by Crippen LogP contribution is -2.39. The van der Waals surface area contributed by atoms with Crippen molar-refractivity contribution in [2.45, 2.75) is 25.3 Å². The zero-order valence-corrected chi connectivity index (χ0v) is 14.3. The third kappa shape index (κ3) is 4.70. The van der Waals surface area contributed by atoms with Crippen LogP contribution in [-0.4, -0.2) is 59.5 Å². The van der Waals surface area contributed by atoms with Crippen LogP contribution in [0.5, 0.6) is 0 Å². The molecular formula is C16H23N5OS. The second kappa shape index (κ2) is 8.33. The first-order valence-corrected chi connectivity index (χ1v) is 8.89. The van der Waals surface area contributed by atoms with E-state index in [0.717, 1.165) is 61.3 Å². The average molecular weight is 333 g/mol. The smallest absolute Gasteiger partial charge is 0.206 e. The number of methoxy groups -OCH3 is 1. The average Bonchev–Trinajstić information content (AvgIpc) is 3.06. The molecule has 0 amide bonds. The highest BCUT2D eigenvalue weighted by molar-refractivity contribution is 7.18. The summed E-state index contributed by atoms with van der Waals surface area (Å²) in [5.41, 5.74) is 0.881. The number of rotatable bonds is 7. The van der Waals surface area contributed by atoms with Crippen LogP contribution in [0, 0.1) is 0 Å². The van der Waals surface area contributed by atoms with E-state index < -0.39 is 0 Å². The van der Waals surface area contributed by atoms with Crippen molar-refractivity contribution in [3.8, 4) is 10.7 Å². The fourth-order valence-corrected chi connectivity index (χ4v) is 3.58. The van der Waals surface area contributed by atoms with Crippen LogP contribution in [0.15, 0.2) is 24.4 Å². The Hall–Kier alpha value is -1.57. The van der Waals surface area contributed by atoms with Crippen molar-refractivity contribution in [3.05, 3.63) is 24.4 Å². The van der Waals surface area contributed by atoms with E-state index in [9.17, 15) is 0 Å². The van der Waals surface area contributed by atoms with Gasteiger partial charge in [-0.1, -0.05) is 17.4 Å². The first-order chi connectivity index (χ1) is 11.3. The number of aromatic nitrogens is 3. The van der Waals surface area contributed by atoms with Crippen molar-refractivity contribution in [2.24, 2.45) is 0 Å². The maximum atomic E-state index is 5.11. The molecule has 0 saturated carbocycles. The number of hydrogen-bond acceptors (Lipinski definition) is 7. The molecule has 1 saturated heterocycles. The molecule has 0 unspecified atom stereocenters. The molecule has 1 aliphatic rings. The monoisotopic (exact) mass is 333 g/mol.